The van der Waals surface area contributed by atoms with Gasteiger partial charge in [0.25, 0.3) is 0 Å². The zero-order valence-electron chi connectivity index (χ0n) is 10.6. The Bertz CT molecular complexity index is 570. The summed E-state index contributed by atoms with van der Waals surface area (Å²) in [5.74, 6) is 0. The van der Waals surface area contributed by atoms with Gasteiger partial charge in [-0.15, -0.1) is 0 Å². The Morgan fingerprint density at radius 2 is 2.17 bits per heavy atom. The topological polar surface area (TPSA) is 63.2 Å². The van der Waals surface area contributed by atoms with E-state index in [0.717, 1.165) is 30.5 Å². The Labute approximate surface area is 107 Å². The van der Waals surface area contributed by atoms with E-state index in [1.54, 1.807) is 30.7 Å². The van der Waals surface area contributed by atoms with Gasteiger partial charge in [0.2, 0.25) is 10.0 Å². The second kappa shape index (κ2) is 3.99. The third-order valence-corrected chi connectivity index (χ3v) is 6.28. The predicted molar refractivity (Wildman–Crippen MR) is 67.4 cm³/mol. The van der Waals surface area contributed by atoms with Gasteiger partial charge in [-0.3, -0.25) is 0 Å². The zero-order chi connectivity index (χ0) is 12.9. The summed E-state index contributed by atoms with van der Waals surface area (Å²) in [7, 11) is -3.20. The van der Waals surface area contributed by atoms with Gasteiger partial charge in [0, 0.05) is 24.2 Å². The molecule has 1 aromatic heterocycles. The fraction of sp³-hybridized carbons (Fsp3) is 0.667. The molecule has 6 heteroatoms. The number of hydrogen-bond acceptors (Lipinski definition) is 4. The third-order valence-electron chi connectivity index (χ3n) is 3.95. The van der Waals surface area contributed by atoms with Crippen molar-refractivity contribution in [2.75, 3.05) is 0 Å². The first-order valence-electron chi connectivity index (χ1n) is 6.33. The van der Waals surface area contributed by atoms with Crippen LogP contribution < -0.4 is 0 Å². The summed E-state index contributed by atoms with van der Waals surface area (Å²) in [4.78, 5) is 8.33. The monoisotopic (exact) mass is 267 g/mol. The molecule has 2 atom stereocenters. The van der Waals surface area contributed by atoms with Gasteiger partial charge in [0.1, 0.15) is 6.33 Å². The number of hydrogen-bond donors (Lipinski definition) is 0. The van der Waals surface area contributed by atoms with E-state index in [1.165, 1.54) is 0 Å². The second-order valence-electron chi connectivity index (χ2n) is 5.30. The van der Waals surface area contributed by atoms with Crippen molar-refractivity contribution < 1.29 is 8.42 Å². The molecular weight excluding hydrogens is 250 g/mol. The van der Waals surface area contributed by atoms with Crippen LogP contribution in [0.15, 0.2) is 12.5 Å². The Hall–Kier alpha value is -1.01. The molecule has 0 spiro atoms. The van der Waals surface area contributed by atoms with E-state index in [-0.39, 0.29) is 17.3 Å². The van der Waals surface area contributed by atoms with Crippen LogP contribution in [0.2, 0.25) is 0 Å². The molecule has 1 aromatic rings. The zero-order valence-corrected chi connectivity index (χ0v) is 11.4. The molecule has 2 aliphatic rings. The molecule has 98 valence electrons. The van der Waals surface area contributed by atoms with E-state index < -0.39 is 10.0 Å². The highest BCUT2D eigenvalue weighted by atomic mass is 32.2. The molecule has 3 rings (SSSR count). The Balaban J connectivity index is 2.08. The van der Waals surface area contributed by atoms with Crippen molar-refractivity contribution in [2.24, 2.45) is 0 Å². The quantitative estimate of drug-likeness (QED) is 0.809. The Kier molecular flexibility index (Phi) is 2.67. The molecule has 2 aliphatic heterocycles. The van der Waals surface area contributed by atoms with E-state index in [4.69, 9.17) is 0 Å². The van der Waals surface area contributed by atoms with Crippen LogP contribution in [0.25, 0.3) is 0 Å². The third kappa shape index (κ3) is 1.59. The molecule has 2 bridgehead atoms. The van der Waals surface area contributed by atoms with Crippen LogP contribution in [0.4, 0.5) is 0 Å². The van der Waals surface area contributed by atoms with Crippen molar-refractivity contribution >= 4 is 10.0 Å². The van der Waals surface area contributed by atoms with E-state index in [9.17, 15) is 8.42 Å². The molecule has 1 fully saturated rings. The second-order valence-corrected chi connectivity index (χ2v) is 7.69. The van der Waals surface area contributed by atoms with Gasteiger partial charge in [-0.05, 0) is 26.7 Å². The van der Waals surface area contributed by atoms with Crippen LogP contribution in [-0.4, -0.2) is 34.0 Å². The maximum atomic E-state index is 12.4. The molecule has 0 radical (unpaired) electrons. The molecule has 5 nitrogen and oxygen atoms in total. The average molecular weight is 267 g/mol. The number of rotatable bonds is 2. The van der Waals surface area contributed by atoms with Crippen molar-refractivity contribution in [3.8, 4) is 0 Å². The lowest BCUT2D eigenvalue weighted by molar-refractivity contribution is 0.297. The van der Waals surface area contributed by atoms with Crippen LogP contribution >= 0.6 is 0 Å². The highest BCUT2D eigenvalue weighted by Crippen LogP contribution is 2.45. The number of aromatic nitrogens is 2. The Morgan fingerprint density at radius 3 is 2.89 bits per heavy atom. The summed E-state index contributed by atoms with van der Waals surface area (Å²) in [5.41, 5.74) is 2.02. The maximum absolute atomic E-state index is 12.4. The van der Waals surface area contributed by atoms with Crippen molar-refractivity contribution in [3.05, 3.63) is 23.8 Å². The minimum absolute atomic E-state index is 0.0488. The largest absolute Gasteiger partial charge is 0.244 e. The molecule has 1 saturated heterocycles. The fourth-order valence-electron chi connectivity index (χ4n) is 3.01. The van der Waals surface area contributed by atoms with Gasteiger partial charge in [-0.1, -0.05) is 0 Å². The molecule has 0 saturated carbocycles. The van der Waals surface area contributed by atoms with Gasteiger partial charge in [-0.25, -0.2) is 18.4 Å². The first-order valence-corrected chi connectivity index (χ1v) is 7.83. The lowest BCUT2D eigenvalue weighted by atomic mass is 10.0. The molecular formula is C12H17N3O2S. The normalized spacial score (nSPS) is 27.5. The van der Waals surface area contributed by atoms with Gasteiger partial charge >= 0.3 is 0 Å². The molecule has 0 aliphatic carbocycles. The van der Waals surface area contributed by atoms with Gasteiger partial charge in [0.05, 0.1) is 17.0 Å². The van der Waals surface area contributed by atoms with E-state index in [0.29, 0.717) is 0 Å². The smallest absolute Gasteiger partial charge is 0.217 e. The molecule has 0 N–H and O–H groups in total. The number of sulfonamides is 1. The number of nitrogens with zero attached hydrogens (tertiary/aromatic N) is 3. The molecule has 0 aromatic carbocycles. The lowest BCUT2D eigenvalue weighted by Crippen LogP contribution is -2.45. The molecule has 3 heterocycles. The minimum atomic E-state index is -3.20. The van der Waals surface area contributed by atoms with Crippen LogP contribution in [0, 0.1) is 0 Å². The average Bonchev–Trinajstić information content (AvgIpc) is 2.66. The fourth-order valence-corrected chi connectivity index (χ4v) is 4.67. The van der Waals surface area contributed by atoms with Crippen molar-refractivity contribution in [1.82, 2.24) is 14.3 Å². The van der Waals surface area contributed by atoms with E-state index >= 15 is 0 Å². The molecule has 18 heavy (non-hydrogen) atoms. The van der Waals surface area contributed by atoms with Crippen molar-refractivity contribution in [2.45, 2.75) is 50.4 Å². The van der Waals surface area contributed by atoms with Crippen molar-refractivity contribution in [1.29, 1.82) is 0 Å². The molecule has 2 unspecified atom stereocenters. The summed E-state index contributed by atoms with van der Waals surface area (Å²) in [6.07, 6.45) is 5.85. The minimum Gasteiger partial charge on any atom is -0.244 e. The van der Waals surface area contributed by atoms with Crippen molar-refractivity contribution in [3.63, 3.8) is 0 Å². The summed E-state index contributed by atoms with van der Waals surface area (Å²) in [5, 5.41) is -0.369. The van der Waals surface area contributed by atoms with Crippen LogP contribution in [0.3, 0.4) is 0 Å². The highest BCUT2D eigenvalue weighted by molar-refractivity contribution is 7.89. The van der Waals surface area contributed by atoms with E-state index in [2.05, 4.69) is 9.97 Å². The van der Waals surface area contributed by atoms with Crippen LogP contribution in [0.5, 0.6) is 0 Å². The first kappa shape index (κ1) is 12.0. The highest BCUT2D eigenvalue weighted by Gasteiger charge is 2.47. The van der Waals surface area contributed by atoms with Gasteiger partial charge in [0.15, 0.2) is 0 Å². The standard InChI is InChI=1S/C12H17N3O2S/c1-8(2)18(16,17)15-9-3-4-12(15)10-6-13-7-14-11(10)5-9/h6-9,12H,3-5H2,1-2H3. The van der Waals surface area contributed by atoms with E-state index in [1.807, 2.05) is 0 Å². The summed E-state index contributed by atoms with van der Waals surface area (Å²) in [6, 6.07) is 0.0390. The van der Waals surface area contributed by atoms with Gasteiger partial charge in [-0.2, -0.15) is 4.31 Å². The van der Waals surface area contributed by atoms with Crippen LogP contribution in [-0.2, 0) is 16.4 Å². The maximum Gasteiger partial charge on any atom is 0.217 e. The van der Waals surface area contributed by atoms with Crippen LogP contribution in [0.1, 0.15) is 44.0 Å². The van der Waals surface area contributed by atoms with Gasteiger partial charge < -0.3 is 0 Å². The summed E-state index contributed by atoms with van der Waals surface area (Å²) in [6.45, 7) is 3.48. The summed E-state index contributed by atoms with van der Waals surface area (Å²) < 4.78 is 26.6. The first-order chi connectivity index (χ1) is 8.51. The SMILES string of the molecule is CC(C)S(=O)(=O)N1C2CCC1c1cncnc1C2. The Morgan fingerprint density at radius 1 is 1.39 bits per heavy atom. The number of fused-ring (bicyclic) bond motifs is 4. The summed E-state index contributed by atoms with van der Waals surface area (Å²) >= 11 is 0. The molecule has 0 amide bonds. The predicted octanol–water partition coefficient (Wildman–Crippen LogP) is 1.28. The lowest BCUT2D eigenvalue weighted by Gasteiger charge is -2.35.